The van der Waals surface area contributed by atoms with Gasteiger partial charge in [0.25, 0.3) is 5.69 Å². The van der Waals surface area contributed by atoms with Crippen LogP contribution in [0, 0.1) is 15.9 Å². The van der Waals surface area contributed by atoms with Crippen LogP contribution < -0.4 is 10.2 Å². The first-order chi connectivity index (χ1) is 9.08. The lowest BCUT2D eigenvalue weighted by molar-refractivity contribution is -0.384. The topological polar surface area (TPSA) is 67.6 Å². The van der Waals surface area contributed by atoms with Crippen molar-refractivity contribution in [3.05, 3.63) is 34.1 Å². The second-order valence-electron chi connectivity index (χ2n) is 4.47. The number of hydrogen-bond donors (Lipinski definition) is 1. The quantitative estimate of drug-likeness (QED) is 0.656. The average Bonchev–Trinajstić information content (AvgIpc) is 2.39. The molecule has 1 heterocycles. The molecule has 1 aromatic rings. The van der Waals surface area contributed by atoms with Crippen molar-refractivity contribution in [3.63, 3.8) is 0 Å². The molecule has 1 fully saturated rings. The number of ether oxygens (including phenoxy) is 1. The zero-order valence-corrected chi connectivity index (χ0v) is 10.6. The highest BCUT2D eigenvalue weighted by Crippen LogP contribution is 2.28. The number of nitrogens with one attached hydrogen (secondary N) is 1. The molecule has 1 aromatic carbocycles. The summed E-state index contributed by atoms with van der Waals surface area (Å²) in [6.45, 7) is 2.58. The Morgan fingerprint density at radius 1 is 1.63 bits per heavy atom. The number of likely N-dealkylation sites (N-methyl/N-ethyl adjacent to an activating group) is 1. The zero-order chi connectivity index (χ0) is 13.8. The van der Waals surface area contributed by atoms with Gasteiger partial charge in [-0.25, -0.2) is 4.39 Å². The van der Waals surface area contributed by atoms with Crippen molar-refractivity contribution in [1.29, 1.82) is 0 Å². The number of rotatable bonds is 4. The van der Waals surface area contributed by atoms with Crippen LogP contribution in [0.15, 0.2) is 18.2 Å². The Hall–Kier alpha value is -1.73. The van der Waals surface area contributed by atoms with E-state index in [4.69, 9.17) is 4.74 Å². The first-order valence-electron chi connectivity index (χ1n) is 6.05. The predicted molar refractivity (Wildman–Crippen MR) is 68.9 cm³/mol. The zero-order valence-electron chi connectivity index (χ0n) is 10.6. The largest absolute Gasteiger partial charge is 0.374 e. The highest BCUT2D eigenvalue weighted by atomic mass is 19.1. The van der Waals surface area contributed by atoms with Gasteiger partial charge in [0.15, 0.2) is 0 Å². The number of morpholine rings is 1. The number of benzene rings is 1. The third kappa shape index (κ3) is 3.39. The van der Waals surface area contributed by atoms with Gasteiger partial charge in [-0.2, -0.15) is 0 Å². The molecule has 1 aliphatic heterocycles. The summed E-state index contributed by atoms with van der Waals surface area (Å²) in [6, 6.07) is 3.45. The smallest absolute Gasteiger partial charge is 0.292 e. The molecule has 19 heavy (non-hydrogen) atoms. The molecule has 0 bridgehead atoms. The van der Waals surface area contributed by atoms with Gasteiger partial charge < -0.3 is 15.0 Å². The van der Waals surface area contributed by atoms with E-state index in [0.717, 1.165) is 12.6 Å². The van der Waals surface area contributed by atoms with Gasteiger partial charge in [-0.05, 0) is 6.07 Å². The molecular weight excluding hydrogens is 253 g/mol. The van der Waals surface area contributed by atoms with Gasteiger partial charge in [0.1, 0.15) is 11.5 Å². The van der Waals surface area contributed by atoms with Gasteiger partial charge in [-0.3, -0.25) is 10.1 Å². The maximum absolute atomic E-state index is 13.3. The number of halogens is 1. The molecule has 1 aliphatic rings. The number of nitro groups is 1. The van der Waals surface area contributed by atoms with Crippen LogP contribution in [0.5, 0.6) is 0 Å². The highest BCUT2D eigenvalue weighted by molar-refractivity contribution is 5.62. The second-order valence-corrected chi connectivity index (χ2v) is 4.47. The second kappa shape index (κ2) is 5.94. The molecule has 104 valence electrons. The fourth-order valence-corrected chi connectivity index (χ4v) is 2.10. The molecule has 1 unspecified atom stereocenters. The van der Waals surface area contributed by atoms with E-state index in [9.17, 15) is 14.5 Å². The number of nitrogens with zero attached hydrogens (tertiary/aromatic N) is 2. The summed E-state index contributed by atoms with van der Waals surface area (Å²) in [5.74, 6) is -0.491. The van der Waals surface area contributed by atoms with Crippen molar-refractivity contribution < 1.29 is 14.1 Å². The van der Waals surface area contributed by atoms with E-state index in [1.807, 2.05) is 0 Å². The van der Waals surface area contributed by atoms with E-state index in [1.165, 1.54) is 12.1 Å². The standard InChI is InChI=1S/C12H16FN3O3/c1-15(8-10-7-14-4-5-19-10)12-6-9(13)2-3-11(12)16(17)18/h2-3,6,10,14H,4-5,7-8H2,1H3. The molecular formula is C12H16FN3O3. The first kappa shape index (κ1) is 13.7. The van der Waals surface area contributed by atoms with Crippen LogP contribution in [0.4, 0.5) is 15.8 Å². The summed E-state index contributed by atoms with van der Waals surface area (Å²) in [7, 11) is 1.69. The van der Waals surface area contributed by atoms with Crippen LogP contribution in [0.1, 0.15) is 0 Å². The van der Waals surface area contributed by atoms with Gasteiger partial charge >= 0.3 is 0 Å². The summed E-state index contributed by atoms with van der Waals surface area (Å²) in [4.78, 5) is 12.1. The molecule has 6 nitrogen and oxygen atoms in total. The third-order valence-electron chi connectivity index (χ3n) is 3.03. The van der Waals surface area contributed by atoms with Crippen LogP contribution in [-0.2, 0) is 4.74 Å². The minimum Gasteiger partial charge on any atom is -0.374 e. The van der Waals surface area contributed by atoms with Crippen LogP contribution in [-0.4, -0.2) is 44.3 Å². The molecule has 0 aromatic heterocycles. The number of anilines is 1. The Labute approximate surface area is 110 Å². The van der Waals surface area contributed by atoms with Crippen LogP contribution >= 0.6 is 0 Å². The molecule has 0 saturated carbocycles. The normalized spacial score (nSPS) is 19.2. The van der Waals surface area contributed by atoms with E-state index < -0.39 is 10.7 Å². The highest BCUT2D eigenvalue weighted by Gasteiger charge is 2.21. The molecule has 1 N–H and O–H groups in total. The van der Waals surface area contributed by atoms with E-state index in [2.05, 4.69) is 5.32 Å². The molecule has 7 heteroatoms. The molecule has 0 aliphatic carbocycles. The van der Waals surface area contributed by atoms with E-state index >= 15 is 0 Å². The van der Waals surface area contributed by atoms with E-state index in [0.29, 0.717) is 19.7 Å². The summed E-state index contributed by atoms with van der Waals surface area (Å²) in [5, 5.41) is 14.1. The van der Waals surface area contributed by atoms with Gasteiger partial charge in [-0.15, -0.1) is 0 Å². The van der Waals surface area contributed by atoms with Crippen molar-refractivity contribution in [2.45, 2.75) is 6.10 Å². The van der Waals surface area contributed by atoms with Gasteiger partial charge in [0.05, 0.1) is 17.6 Å². The van der Waals surface area contributed by atoms with Crippen molar-refractivity contribution in [2.24, 2.45) is 0 Å². The number of nitro benzene ring substituents is 1. The Kier molecular flexibility index (Phi) is 4.28. The Morgan fingerprint density at radius 2 is 2.42 bits per heavy atom. The summed E-state index contributed by atoms with van der Waals surface area (Å²) < 4.78 is 18.8. The fourth-order valence-electron chi connectivity index (χ4n) is 2.10. The SMILES string of the molecule is CN(CC1CNCCO1)c1cc(F)ccc1[N+](=O)[O-]. The third-order valence-corrected chi connectivity index (χ3v) is 3.03. The maximum atomic E-state index is 13.3. The minimum atomic E-state index is -0.509. The molecule has 2 rings (SSSR count). The lowest BCUT2D eigenvalue weighted by Gasteiger charge is -2.28. The molecule has 1 atom stereocenters. The summed E-state index contributed by atoms with van der Waals surface area (Å²) >= 11 is 0. The monoisotopic (exact) mass is 269 g/mol. The molecule has 1 saturated heterocycles. The van der Waals surface area contributed by atoms with Crippen molar-refractivity contribution in [2.75, 3.05) is 38.2 Å². The average molecular weight is 269 g/mol. The van der Waals surface area contributed by atoms with Crippen LogP contribution in [0.25, 0.3) is 0 Å². The molecule has 0 amide bonds. The fraction of sp³-hybridized carbons (Fsp3) is 0.500. The Balaban J connectivity index is 2.14. The van der Waals surface area contributed by atoms with Crippen LogP contribution in [0.2, 0.25) is 0 Å². The predicted octanol–water partition coefficient (Wildman–Crippen LogP) is 1.16. The minimum absolute atomic E-state index is 0.0541. The summed E-state index contributed by atoms with van der Waals surface area (Å²) in [5.41, 5.74) is 0.159. The van der Waals surface area contributed by atoms with E-state index in [1.54, 1.807) is 11.9 Å². The van der Waals surface area contributed by atoms with Gasteiger partial charge in [0, 0.05) is 38.8 Å². The van der Waals surface area contributed by atoms with Crippen LogP contribution in [0.3, 0.4) is 0 Å². The van der Waals surface area contributed by atoms with Crippen molar-refractivity contribution in [3.8, 4) is 0 Å². The van der Waals surface area contributed by atoms with Crippen molar-refractivity contribution in [1.82, 2.24) is 5.32 Å². The Morgan fingerprint density at radius 3 is 3.05 bits per heavy atom. The van der Waals surface area contributed by atoms with Gasteiger partial charge in [-0.1, -0.05) is 0 Å². The van der Waals surface area contributed by atoms with E-state index in [-0.39, 0.29) is 17.5 Å². The summed E-state index contributed by atoms with van der Waals surface area (Å²) in [6.07, 6.45) is -0.0541. The van der Waals surface area contributed by atoms with Gasteiger partial charge in [0.2, 0.25) is 0 Å². The maximum Gasteiger partial charge on any atom is 0.292 e. The molecule has 0 spiro atoms. The van der Waals surface area contributed by atoms with Crippen molar-refractivity contribution >= 4 is 11.4 Å². The Bertz CT molecular complexity index is 464. The number of hydrogen-bond acceptors (Lipinski definition) is 5. The lowest BCUT2D eigenvalue weighted by atomic mass is 10.2. The lowest BCUT2D eigenvalue weighted by Crippen LogP contribution is -2.44. The molecule has 0 radical (unpaired) electrons. The first-order valence-corrected chi connectivity index (χ1v) is 6.05.